The first-order chi connectivity index (χ1) is 34.5. The van der Waals surface area contributed by atoms with E-state index >= 15 is 0 Å². The minimum Gasteiger partial charge on any atom is -0.387 e. The summed E-state index contributed by atoms with van der Waals surface area (Å²) in [5.41, 5.74) is 0. The molecule has 0 aromatic carbocycles. The number of carbonyl (C=O) groups excluding carboxylic acids is 1. The lowest BCUT2D eigenvalue weighted by Gasteiger charge is -2.25. The first-order valence-corrected chi connectivity index (χ1v) is 28.9. The number of unbranched alkanes of at least 4 members (excludes halogenated alkanes) is 10. The average Bonchev–Trinajstić information content (AvgIpc) is 3.33. The molecule has 0 aromatic rings. The number of nitrogens with zero attached hydrogens (tertiary/aromatic N) is 1. The van der Waals surface area contributed by atoms with Crippen molar-refractivity contribution in [1.82, 2.24) is 5.32 Å². The Kier molecular flexibility index (Phi) is 48.2. The van der Waals surface area contributed by atoms with Crippen LogP contribution in [0.3, 0.4) is 0 Å². The van der Waals surface area contributed by atoms with E-state index in [0.29, 0.717) is 23.9 Å². The van der Waals surface area contributed by atoms with Gasteiger partial charge in [-0.25, -0.2) is 4.57 Å². The molecule has 0 spiro atoms. The number of nitrogens with one attached hydrogen (secondary N) is 1. The summed E-state index contributed by atoms with van der Waals surface area (Å²) in [6.07, 6.45) is 80.6. The lowest BCUT2D eigenvalue weighted by molar-refractivity contribution is -0.870. The molecule has 0 saturated heterocycles. The summed E-state index contributed by atoms with van der Waals surface area (Å²) >= 11 is 0. The summed E-state index contributed by atoms with van der Waals surface area (Å²) in [6.45, 7) is 4.60. The monoisotopic (exact) mass is 1000 g/mol. The number of phosphoric acid groups is 1. The second kappa shape index (κ2) is 51.0. The summed E-state index contributed by atoms with van der Waals surface area (Å²) in [5.74, 6) is -0.228. The summed E-state index contributed by atoms with van der Waals surface area (Å²) in [5, 5.41) is 13.8. The molecule has 0 fully saturated rings. The zero-order chi connectivity index (χ0) is 52.0. The third-order valence-corrected chi connectivity index (χ3v) is 12.0. The Morgan fingerprint density at radius 1 is 0.493 bits per heavy atom. The van der Waals surface area contributed by atoms with E-state index in [9.17, 15) is 19.4 Å². The van der Waals surface area contributed by atoms with Crippen LogP contribution in [0, 0.1) is 0 Å². The van der Waals surface area contributed by atoms with Gasteiger partial charge in [-0.15, -0.1) is 0 Å². The number of allylic oxidation sites excluding steroid dienone is 25. The van der Waals surface area contributed by atoms with E-state index in [1.54, 1.807) is 6.08 Å². The Labute approximate surface area is 435 Å². The number of hydrogen-bond acceptors (Lipinski definition) is 5. The molecule has 1 amide bonds. The highest BCUT2D eigenvalue weighted by molar-refractivity contribution is 7.47. The number of quaternary nitrogens is 1. The molecule has 0 rings (SSSR count). The van der Waals surface area contributed by atoms with Gasteiger partial charge in [-0.1, -0.05) is 210 Å². The normalized spacial score (nSPS) is 15.2. The largest absolute Gasteiger partial charge is 0.472 e. The maximum absolute atomic E-state index is 12.9. The van der Waals surface area contributed by atoms with Crippen molar-refractivity contribution in [2.24, 2.45) is 0 Å². The Morgan fingerprint density at radius 2 is 0.859 bits per heavy atom. The lowest BCUT2D eigenvalue weighted by atomic mass is 10.1. The van der Waals surface area contributed by atoms with Crippen LogP contribution in [-0.2, 0) is 18.4 Å². The highest BCUT2D eigenvalue weighted by atomic mass is 31.2. The van der Waals surface area contributed by atoms with Crippen molar-refractivity contribution < 1.29 is 32.9 Å². The highest BCUT2D eigenvalue weighted by Gasteiger charge is 2.27. The van der Waals surface area contributed by atoms with Crippen LogP contribution in [0.1, 0.15) is 174 Å². The SMILES string of the molecule is CC/C=C\C/C=C\C/C=C\C/C=C\C/C=C\C/C=C\C/C=C\C/C=C\C/C=C\C/C=C\C/C=C\CCCCCC(=O)NC(COP(=O)(O)OCC[N+](C)(C)C)C(O)/C=C/CC/C=C/CCCCCCCC. The van der Waals surface area contributed by atoms with Gasteiger partial charge >= 0.3 is 7.82 Å². The fourth-order valence-corrected chi connectivity index (χ4v) is 7.44. The predicted octanol–water partition coefficient (Wildman–Crippen LogP) is 16.7. The van der Waals surface area contributed by atoms with Crippen molar-refractivity contribution in [3.63, 3.8) is 0 Å². The van der Waals surface area contributed by atoms with Crippen molar-refractivity contribution in [3.05, 3.63) is 158 Å². The van der Waals surface area contributed by atoms with Crippen molar-refractivity contribution in [2.75, 3.05) is 40.9 Å². The molecule has 0 radical (unpaired) electrons. The van der Waals surface area contributed by atoms with Gasteiger partial charge in [-0.05, 0) is 116 Å². The van der Waals surface area contributed by atoms with Crippen LogP contribution in [0.5, 0.6) is 0 Å². The average molecular weight is 1000 g/mol. The molecule has 9 heteroatoms. The van der Waals surface area contributed by atoms with Gasteiger partial charge < -0.3 is 19.8 Å². The zero-order valence-corrected chi connectivity index (χ0v) is 46.3. The summed E-state index contributed by atoms with van der Waals surface area (Å²) in [6, 6.07) is -0.892. The topological polar surface area (TPSA) is 105 Å². The maximum atomic E-state index is 12.9. The number of aliphatic hydroxyl groups excluding tert-OH is 1. The number of likely N-dealkylation sites (N-methyl/N-ethyl adjacent to an activating group) is 1. The van der Waals surface area contributed by atoms with Gasteiger partial charge in [0.1, 0.15) is 13.2 Å². The second-order valence-corrected chi connectivity index (χ2v) is 20.3. The van der Waals surface area contributed by atoms with Crippen LogP contribution in [0.15, 0.2) is 158 Å². The highest BCUT2D eigenvalue weighted by Crippen LogP contribution is 2.43. The standard InChI is InChI=1S/C62H101N2O6P/c1-6-8-10-12-14-16-18-20-21-22-23-24-25-26-27-28-29-30-31-32-33-34-35-36-37-38-39-40-41-42-43-44-46-48-50-52-54-56-62(66)63-60(59-70-71(67,68)69-58-57-64(3,4)5)61(65)55-53-51-49-47-45-19-17-15-13-11-9-7-2/h8,10,14,16,20-21,23-24,26-27,29-30,32-33,35-36,38-39,41-42,44-47,53,55,60-61,65H,6-7,9,11-13,15,17-19,22,25,28,31,34,37,40,43,48-52,54,56-59H2,1-5H3,(H-,63,66,67,68)/p+1/b10-8-,16-14-,21-20-,24-23-,27-26-,30-29-,33-32-,36-35-,39-38-,42-41-,46-44-,47-45+,55-53+. The molecule has 0 aliphatic rings. The molecule has 400 valence electrons. The fourth-order valence-electron chi connectivity index (χ4n) is 6.71. The molecular formula is C62H102N2O6P+. The quantitative estimate of drug-likeness (QED) is 0.0243. The Morgan fingerprint density at radius 3 is 1.30 bits per heavy atom. The molecule has 8 nitrogen and oxygen atoms in total. The van der Waals surface area contributed by atoms with E-state index in [4.69, 9.17) is 9.05 Å². The summed E-state index contributed by atoms with van der Waals surface area (Å²) in [7, 11) is 1.50. The van der Waals surface area contributed by atoms with Crippen molar-refractivity contribution >= 4 is 13.7 Å². The predicted molar refractivity (Wildman–Crippen MR) is 308 cm³/mol. The molecule has 0 aromatic heterocycles. The van der Waals surface area contributed by atoms with E-state index in [1.165, 1.54) is 38.5 Å². The molecule has 0 bridgehead atoms. The number of rotatable bonds is 47. The molecule has 0 saturated carbocycles. The first kappa shape index (κ1) is 67.1. The second-order valence-electron chi connectivity index (χ2n) is 18.9. The van der Waals surface area contributed by atoms with Gasteiger partial charge in [0.2, 0.25) is 5.91 Å². The van der Waals surface area contributed by atoms with Crippen LogP contribution < -0.4 is 5.32 Å². The van der Waals surface area contributed by atoms with Gasteiger partial charge in [0.15, 0.2) is 0 Å². The fraction of sp³-hybridized carbons (Fsp3) is 0.565. The van der Waals surface area contributed by atoms with Crippen molar-refractivity contribution in [3.8, 4) is 0 Å². The third-order valence-electron chi connectivity index (χ3n) is 11.0. The number of amides is 1. The maximum Gasteiger partial charge on any atom is 0.472 e. The van der Waals surface area contributed by atoms with Gasteiger partial charge in [-0.2, -0.15) is 0 Å². The Balaban J connectivity index is 4.28. The zero-order valence-electron chi connectivity index (χ0n) is 45.4. The van der Waals surface area contributed by atoms with Gasteiger partial charge in [-0.3, -0.25) is 13.8 Å². The molecule has 71 heavy (non-hydrogen) atoms. The molecule has 0 aliphatic carbocycles. The van der Waals surface area contributed by atoms with Crippen LogP contribution in [0.25, 0.3) is 0 Å². The van der Waals surface area contributed by atoms with E-state index in [0.717, 1.165) is 109 Å². The van der Waals surface area contributed by atoms with Gasteiger partial charge in [0, 0.05) is 6.42 Å². The minimum atomic E-state index is -4.37. The van der Waals surface area contributed by atoms with Crippen LogP contribution in [0.4, 0.5) is 0 Å². The van der Waals surface area contributed by atoms with E-state index in [1.807, 2.05) is 27.2 Å². The van der Waals surface area contributed by atoms with Gasteiger partial charge in [0.25, 0.3) is 0 Å². The number of carbonyl (C=O) groups is 1. The Hall–Kier alpha value is -3.88. The van der Waals surface area contributed by atoms with Crippen molar-refractivity contribution in [1.29, 1.82) is 0 Å². The van der Waals surface area contributed by atoms with Gasteiger partial charge in [0.05, 0.1) is 39.9 Å². The molecule has 0 heterocycles. The number of hydrogen-bond donors (Lipinski definition) is 3. The minimum absolute atomic E-state index is 0.0401. The van der Waals surface area contributed by atoms with Crippen LogP contribution in [0.2, 0.25) is 0 Å². The number of phosphoric ester groups is 1. The molecule has 3 N–H and O–H groups in total. The van der Waals surface area contributed by atoms with E-state index < -0.39 is 20.0 Å². The smallest absolute Gasteiger partial charge is 0.387 e. The van der Waals surface area contributed by atoms with Crippen LogP contribution >= 0.6 is 7.82 Å². The Bertz CT molecular complexity index is 1700. The molecule has 3 atom stereocenters. The third kappa shape index (κ3) is 53.7. The lowest BCUT2D eigenvalue weighted by Crippen LogP contribution is -2.45. The molecule has 3 unspecified atom stereocenters. The summed E-state index contributed by atoms with van der Waals surface area (Å²) < 4.78 is 23.6. The van der Waals surface area contributed by atoms with E-state index in [-0.39, 0.29) is 19.1 Å². The first-order valence-electron chi connectivity index (χ1n) is 27.4. The summed E-state index contributed by atoms with van der Waals surface area (Å²) in [4.78, 5) is 23.2. The number of aliphatic hydroxyl groups is 1. The molecule has 0 aliphatic heterocycles. The van der Waals surface area contributed by atoms with Crippen LogP contribution in [-0.4, -0.2) is 73.4 Å². The van der Waals surface area contributed by atoms with E-state index in [2.05, 4.69) is 165 Å². The molecular weight excluding hydrogens is 900 g/mol. The van der Waals surface area contributed by atoms with Crippen molar-refractivity contribution in [2.45, 2.75) is 187 Å².